The SMILES string of the molecule is Cc1n[nH]c(C)c1CCCNC(=O)c1cn[nH]c1-c1cccc(F)c1. The maximum Gasteiger partial charge on any atom is 0.255 e. The number of H-pyrrole nitrogens is 2. The number of amides is 1. The van der Waals surface area contributed by atoms with Crippen LogP contribution in [-0.2, 0) is 6.42 Å². The number of nitrogens with one attached hydrogen (secondary N) is 3. The number of aromatic nitrogens is 4. The second kappa shape index (κ2) is 7.29. The van der Waals surface area contributed by atoms with E-state index in [1.54, 1.807) is 12.1 Å². The van der Waals surface area contributed by atoms with Gasteiger partial charge in [0.15, 0.2) is 0 Å². The van der Waals surface area contributed by atoms with Crippen molar-refractivity contribution < 1.29 is 9.18 Å². The topological polar surface area (TPSA) is 86.5 Å². The van der Waals surface area contributed by atoms with E-state index in [2.05, 4.69) is 25.7 Å². The Labute approximate surface area is 144 Å². The lowest BCUT2D eigenvalue weighted by atomic mass is 10.1. The molecule has 0 unspecified atom stereocenters. The van der Waals surface area contributed by atoms with Gasteiger partial charge < -0.3 is 5.32 Å². The van der Waals surface area contributed by atoms with Gasteiger partial charge in [-0.3, -0.25) is 15.0 Å². The highest BCUT2D eigenvalue weighted by molar-refractivity contribution is 5.99. The molecule has 7 heteroatoms. The molecule has 0 fully saturated rings. The third-order valence-corrected chi connectivity index (χ3v) is 4.17. The van der Waals surface area contributed by atoms with Gasteiger partial charge >= 0.3 is 0 Å². The summed E-state index contributed by atoms with van der Waals surface area (Å²) in [6.07, 6.45) is 3.11. The van der Waals surface area contributed by atoms with Crippen molar-refractivity contribution in [1.82, 2.24) is 25.7 Å². The van der Waals surface area contributed by atoms with Crippen molar-refractivity contribution in [3.63, 3.8) is 0 Å². The standard InChI is InChI=1S/C18H20FN5O/c1-11-15(12(2)23-22-11)7-4-8-20-18(25)16-10-21-24-17(16)13-5-3-6-14(19)9-13/h3,5-6,9-10H,4,7-8H2,1-2H3,(H,20,25)(H,21,24)(H,22,23). The molecule has 0 aliphatic carbocycles. The zero-order valence-corrected chi connectivity index (χ0v) is 14.2. The Kier molecular flexibility index (Phi) is 4.92. The molecule has 2 aromatic heterocycles. The second-order valence-corrected chi connectivity index (χ2v) is 5.94. The third kappa shape index (κ3) is 3.76. The van der Waals surface area contributed by atoms with Crippen molar-refractivity contribution in [2.24, 2.45) is 0 Å². The van der Waals surface area contributed by atoms with Crippen molar-refractivity contribution in [3.05, 3.63) is 58.8 Å². The Morgan fingerprint density at radius 1 is 1.28 bits per heavy atom. The van der Waals surface area contributed by atoms with Crippen molar-refractivity contribution in [1.29, 1.82) is 0 Å². The number of aromatic amines is 2. The van der Waals surface area contributed by atoms with Gasteiger partial charge in [0, 0.05) is 17.8 Å². The van der Waals surface area contributed by atoms with Gasteiger partial charge in [0.25, 0.3) is 5.91 Å². The summed E-state index contributed by atoms with van der Waals surface area (Å²) >= 11 is 0. The molecule has 0 aliphatic rings. The monoisotopic (exact) mass is 341 g/mol. The Morgan fingerprint density at radius 3 is 2.84 bits per heavy atom. The molecular formula is C18H20FN5O. The molecule has 0 radical (unpaired) electrons. The van der Waals surface area contributed by atoms with E-state index >= 15 is 0 Å². The van der Waals surface area contributed by atoms with E-state index in [1.807, 2.05) is 13.8 Å². The second-order valence-electron chi connectivity index (χ2n) is 5.94. The van der Waals surface area contributed by atoms with Crippen LogP contribution in [0.2, 0.25) is 0 Å². The Balaban J connectivity index is 1.60. The van der Waals surface area contributed by atoms with Crippen LogP contribution in [0, 0.1) is 19.7 Å². The minimum Gasteiger partial charge on any atom is -0.352 e. The highest BCUT2D eigenvalue weighted by atomic mass is 19.1. The van der Waals surface area contributed by atoms with E-state index in [1.165, 1.54) is 23.9 Å². The molecular weight excluding hydrogens is 321 g/mol. The molecule has 0 spiro atoms. The fourth-order valence-electron chi connectivity index (χ4n) is 2.83. The zero-order valence-electron chi connectivity index (χ0n) is 14.2. The van der Waals surface area contributed by atoms with E-state index in [-0.39, 0.29) is 11.7 Å². The number of rotatable bonds is 6. The summed E-state index contributed by atoms with van der Waals surface area (Å²) in [4.78, 5) is 12.4. The Hall–Kier alpha value is -2.96. The Morgan fingerprint density at radius 2 is 2.12 bits per heavy atom. The molecule has 0 saturated heterocycles. The first kappa shape index (κ1) is 16.9. The Bertz CT molecular complexity index is 864. The molecule has 25 heavy (non-hydrogen) atoms. The van der Waals surface area contributed by atoms with E-state index in [4.69, 9.17) is 0 Å². The van der Waals surface area contributed by atoms with E-state index < -0.39 is 0 Å². The molecule has 3 N–H and O–H groups in total. The molecule has 0 saturated carbocycles. The van der Waals surface area contributed by atoms with Crippen molar-refractivity contribution in [2.45, 2.75) is 26.7 Å². The van der Waals surface area contributed by atoms with Crippen LogP contribution in [0.3, 0.4) is 0 Å². The van der Waals surface area contributed by atoms with Crippen LogP contribution in [0.5, 0.6) is 0 Å². The molecule has 3 rings (SSSR count). The number of hydrogen-bond donors (Lipinski definition) is 3. The summed E-state index contributed by atoms with van der Waals surface area (Å²) in [5.74, 6) is -0.585. The number of halogens is 1. The number of carbonyl (C=O) groups excluding carboxylic acids is 1. The zero-order chi connectivity index (χ0) is 17.8. The lowest BCUT2D eigenvalue weighted by molar-refractivity contribution is 0.0954. The first-order valence-electron chi connectivity index (χ1n) is 8.14. The smallest absolute Gasteiger partial charge is 0.255 e. The fraction of sp³-hybridized carbons (Fsp3) is 0.278. The molecule has 0 aliphatic heterocycles. The van der Waals surface area contributed by atoms with Crippen LogP contribution in [0.4, 0.5) is 4.39 Å². The van der Waals surface area contributed by atoms with Crippen LogP contribution in [0.15, 0.2) is 30.5 Å². The van der Waals surface area contributed by atoms with Gasteiger partial charge in [0.2, 0.25) is 0 Å². The fourth-order valence-corrected chi connectivity index (χ4v) is 2.83. The minimum atomic E-state index is -0.357. The predicted molar refractivity (Wildman–Crippen MR) is 92.7 cm³/mol. The minimum absolute atomic E-state index is 0.228. The van der Waals surface area contributed by atoms with Crippen LogP contribution >= 0.6 is 0 Å². The molecule has 1 amide bonds. The van der Waals surface area contributed by atoms with Crippen molar-refractivity contribution >= 4 is 5.91 Å². The lowest BCUT2D eigenvalue weighted by Gasteiger charge is -2.06. The maximum absolute atomic E-state index is 13.4. The van der Waals surface area contributed by atoms with E-state index in [0.29, 0.717) is 23.4 Å². The van der Waals surface area contributed by atoms with Gasteiger partial charge in [-0.15, -0.1) is 0 Å². The molecule has 6 nitrogen and oxygen atoms in total. The largest absolute Gasteiger partial charge is 0.352 e. The van der Waals surface area contributed by atoms with Gasteiger partial charge in [-0.25, -0.2) is 4.39 Å². The number of hydrogen-bond acceptors (Lipinski definition) is 3. The molecule has 2 heterocycles. The van der Waals surface area contributed by atoms with Crippen LogP contribution in [0.1, 0.15) is 33.7 Å². The van der Waals surface area contributed by atoms with Gasteiger partial charge in [-0.05, 0) is 44.4 Å². The first-order valence-corrected chi connectivity index (χ1v) is 8.14. The van der Waals surface area contributed by atoms with Gasteiger partial charge in [-0.1, -0.05) is 12.1 Å². The van der Waals surface area contributed by atoms with Crippen LogP contribution in [0.25, 0.3) is 11.3 Å². The molecule has 0 atom stereocenters. The maximum atomic E-state index is 13.4. The average molecular weight is 341 g/mol. The normalized spacial score (nSPS) is 10.8. The van der Waals surface area contributed by atoms with Gasteiger partial charge in [-0.2, -0.15) is 10.2 Å². The summed E-state index contributed by atoms with van der Waals surface area (Å²) in [6.45, 7) is 4.50. The van der Waals surface area contributed by atoms with E-state index in [9.17, 15) is 9.18 Å². The van der Waals surface area contributed by atoms with Gasteiger partial charge in [0.1, 0.15) is 5.82 Å². The predicted octanol–water partition coefficient (Wildman–Crippen LogP) is 2.92. The molecule has 3 aromatic rings. The number of benzene rings is 1. The third-order valence-electron chi connectivity index (χ3n) is 4.17. The van der Waals surface area contributed by atoms with E-state index in [0.717, 1.165) is 24.2 Å². The first-order chi connectivity index (χ1) is 12.1. The summed E-state index contributed by atoms with van der Waals surface area (Å²) in [5.41, 5.74) is 4.75. The summed E-state index contributed by atoms with van der Waals surface area (Å²) in [5, 5.41) is 16.7. The highest BCUT2D eigenvalue weighted by Gasteiger charge is 2.15. The highest BCUT2D eigenvalue weighted by Crippen LogP contribution is 2.21. The van der Waals surface area contributed by atoms with Crippen LogP contribution in [-0.4, -0.2) is 32.8 Å². The van der Waals surface area contributed by atoms with Crippen LogP contribution < -0.4 is 5.32 Å². The molecule has 1 aromatic carbocycles. The summed E-state index contributed by atoms with van der Waals surface area (Å²) in [6, 6.07) is 6.06. The van der Waals surface area contributed by atoms with Crippen molar-refractivity contribution in [3.8, 4) is 11.3 Å². The molecule has 0 bridgehead atoms. The number of carbonyl (C=O) groups is 1. The number of nitrogens with zero attached hydrogens (tertiary/aromatic N) is 2. The summed E-state index contributed by atoms with van der Waals surface area (Å²) in [7, 11) is 0. The van der Waals surface area contributed by atoms with Gasteiger partial charge in [0.05, 0.1) is 23.1 Å². The molecule has 130 valence electrons. The number of aryl methyl sites for hydroxylation is 2. The average Bonchev–Trinajstić information content (AvgIpc) is 3.20. The summed E-state index contributed by atoms with van der Waals surface area (Å²) < 4.78 is 13.4. The lowest BCUT2D eigenvalue weighted by Crippen LogP contribution is -2.25. The quantitative estimate of drug-likeness (QED) is 0.603. The van der Waals surface area contributed by atoms with Crippen molar-refractivity contribution in [2.75, 3.05) is 6.54 Å².